The molecule has 0 saturated carbocycles. The summed E-state index contributed by atoms with van der Waals surface area (Å²) in [5, 5.41) is 0.696. The molecule has 8 heteroatoms. The molecule has 5 nitrogen and oxygen atoms in total. The molecule has 2 heterocycles. The number of nitrogens with one attached hydrogen (secondary N) is 1. The number of thioether (sulfide) groups is 1. The second-order valence-electron chi connectivity index (χ2n) is 6.69. The van der Waals surface area contributed by atoms with Crippen LogP contribution in [0.5, 0.6) is 0 Å². The molecule has 0 bridgehead atoms. The normalized spacial score (nSPS) is 11.5. The van der Waals surface area contributed by atoms with Crippen molar-refractivity contribution in [2.24, 2.45) is 0 Å². The number of pyridine rings is 1. The SMILES string of the molecule is CS(=O)(=O)c1ccc(CSc2nc(-c3ccccn3)c(-c3ccc(F)cc3)[nH]2)cc1. The van der Waals surface area contributed by atoms with Gasteiger partial charge in [-0.15, -0.1) is 0 Å². The molecule has 2 aromatic carbocycles. The number of rotatable bonds is 6. The highest BCUT2D eigenvalue weighted by atomic mass is 32.2. The van der Waals surface area contributed by atoms with Gasteiger partial charge in [-0.1, -0.05) is 30.0 Å². The van der Waals surface area contributed by atoms with Crippen molar-refractivity contribution in [3.05, 3.63) is 84.3 Å². The zero-order chi connectivity index (χ0) is 21.1. The zero-order valence-corrected chi connectivity index (χ0v) is 17.7. The summed E-state index contributed by atoms with van der Waals surface area (Å²) in [5.74, 6) is 0.312. The van der Waals surface area contributed by atoms with Crippen molar-refractivity contribution in [1.29, 1.82) is 0 Å². The maximum absolute atomic E-state index is 13.4. The Labute approximate surface area is 178 Å². The maximum atomic E-state index is 13.4. The number of benzene rings is 2. The molecular formula is C22H18FN3O2S2. The van der Waals surface area contributed by atoms with Crippen LogP contribution in [0.1, 0.15) is 5.56 Å². The molecule has 4 rings (SSSR count). The number of aromatic nitrogens is 3. The summed E-state index contributed by atoms with van der Waals surface area (Å²) in [4.78, 5) is 12.7. The molecule has 152 valence electrons. The van der Waals surface area contributed by atoms with Gasteiger partial charge in [-0.25, -0.2) is 17.8 Å². The smallest absolute Gasteiger partial charge is 0.175 e. The van der Waals surface area contributed by atoms with Crippen molar-refractivity contribution in [3.63, 3.8) is 0 Å². The van der Waals surface area contributed by atoms with E-state index >= 15 is 0 Å². The molecule has 30 heavy (non-hydrogen) atoms. The number of sulfone groups is 1. The topological polar surface area (TPSA) is 75.7 Å². The summed E-state index contributed by atoms with van der Waals surface area (Å²) in [6, 6.07) is 18.6. The van der Waals surface area contributed by atoms with Crippen molar-refractivity contribution >= 4 is 21.6 Å². The summed E-state index contributed by atoms with van der Waals surface area (Å²) in [7, 11) is -3.21. The summed E-state index contributed by atoms with van der Waals surface area (Å²) in [5.41, 5.74) is 3.97. The van der Waals surface area contributed by atoms with Crippen LogP contribution in [-0.2, 0) is 15.6 Å². The molecule has 0 aliphatic rings. The van der Waals surface area contributed by atoms with E-state index in [1.807, 2.05) is 18.2 Å². The van der Waals surface area contributed by atoms with E-state index in [0.29, 0.717) is 21.5 Å². The standard InChI is InChI=1S/C22H18FN3O2S2/c1-30(27,28)18-11-5-15(6-12-18)14-29-22-25-20(16-7-9-17(23)10-8-16)21(26-22)19-4-2-3-13-24-19/h2-13H,14H2,1H3,(H,25,26). The van der Waals surface area contributed by atoms with Crippen molar-refractivity contribution in [2.75, 3.05) is 6.26 Å². The lowest BCUT2D eigenvalue weighted by atomic mass is 10.1. The average molecular weight is 440 g/mol. The Hall–Kier alpha value is -2.97. The van der Waals surface area contributed by atoms with Crippen molar-refractivity contribution in [2.45, 2.75) is 15.8 Å². The van der Waals surface area contributed by atoms with Gasteiger partial charge in [0.15, 0.2) is 15.0 Å². The number of aromatic amines is 1. The van der Waals surface area contributed by atoms with Gasteiger partial charge in [0.2, 0.25) is 0 Å². The first kappa shape index (κ1) is 20.3. The van der Waals surface area contributed by atoms with Gasteiger partial charge in [0.25, 0.3) is 0 Å². The van der Waals surface area contributed by atoms with Crippen LogP contribution in [0.15, 0.2) is 83.0 Å². The zero-order valence-electron chi connectivity index (χ0n) is 16.0. The van der Waals surface area contributed by atoms with Gasteiger partial charge in [-0.05, 0) is 54.1 Å². The highest BCUT2D eigenvalue weighted by Crippen LogP contribution is 2.32. The Morgan fingerprint density at radius 2 is 1.73 bits per heavy atom. The molecule has 0 aliphatic carbocycles. The molecule has 0 atom stereocenters. The Balaban J connectivity index is 1.62. The van der Waals surface area contributed by atoms with Crippen LogP contribution in [-0.4, -0.2) is 29.6 Å². The molecule has 0 spiro atoms. The average Bonchev–Trinajstić information content (AvgIpc) is 3.17. The van der Waals surface area contributed by atoms with E-state index in [2.05, 4.69) is 9.97 Å². The predicted octanol–water partition coefficient (Wildman–Crippen LogP) is 4.97. The van der Waals surface area contributed by atoms with E-state index in [4.69, 9.17) is 4.98 Å². The monoisotopic (exact) mass is 439 g/mol. The second kappa shape index (κ2) is 8.41. The molecule has 4 aromatic rings. The summed E-state index contributed by atoms with van der Waals surface area (Å²) < 4.78 is 36.6. The Kier molecular flexibility index (Phi) is 5.69. The molecule has 2 aromatic heterocycles. The first-order valence-electron chi connectivity index (χ1n) is 9.09. The third-order valence-corrected chi connectivity index (χ3v) is 6.52. The van der Waals surface area contributed by atoms with E-state index in [9.17, 15) is 12.8 Å². The van der Waals surface area contributed by atoms with Crippen LogP contribution in [0.3, 0.4) is 0 Å². The molecular weight excluding hydrogens is 421 g/mol. The Bertz CT molecular complexity index is 1250. The summed E-state index contributed by atoms with van der Waals surface area (Å²) in [6.45, 7) is 0. The van der Waals surface area contributed by atoms with Crippen molar-refractivity contribution < 1.29 is 12.8 Å². The minimum atomic E-state index is -3.21. The number of H-pyrrole nitrogens is 1. The van der Waals surface area contributed by atoms with Gasteiger partial charge < -0.3 is 4.98 Å². The van der Waals surface area contributed by atoms with Crippen LogP contribution >= 0.6 is 11.8 Å². The van der Waals surface area contributed by atoms with Gasteiger partial charge in [-0.2, -0.15) is 0 Å². The largest absolute Gasteiger partial charge is 0.332 e. The van der Waals surface area contributed by atoms with Gasteiger partial charge >= 0.3 is 0 Å². The number of hydrogen-bond donors (Lipinski definition) is 1. The number of nitrogens with zero attached hydrogens (tertiary/aromatic N) is 2. The van der Waals surface area contributed by atoms with Gasteiger partial charge in [-0.3, -0.25) is 4.98 Å². The fourth-order valence-electron chi connectivity index (χ4n) is 2.92. The fourth-order valence-corrected chi connectivity index (χ4v) is 4.37. The van der Waals surface area contributed by atoms with Crippen LogP contribution in [0, 0.1) is 5.82 Å². The first-order chi connectivity index (χ1) is 14.4. The molecule has 0 unspecified atom stereocenters. The maximum Gasteiger partial charge on any atom is 0.175 e. The number of imidazole rings is 1. The highest BCUT2D eigenvalue weighted by molar-refractivity contribution is 7.98. The van der Waals surface area contributed by atoms with E-state index in [0.717, 1.165) is 22.5 Å². The van der Waals surface area contributed by atoms with E-state index in [-0.39, 0.29) is 5.82 Å². The summed E-state index contributed by atoms with van der Waals surface area (Å²) >= 11 is 1.50. The molecule has 0 radical (unpaired) electrons. The minimum absolute atomic E-state index is 0.297. The highest BCUT2D eigenvalue weighted by Gasteiger charge is 2.16. The lowest BCUT2D eigenvalue weighted by molar-refractivity contribution is 0.602. The molecule has 0 saturated heterocycles. The molecule has 0 fully saturated rings. The van der Waals surface area contributed by atoms with E-state index in [1.54, 1.807) is 42.6 Å². The lowest BCUT2D eigenvalue weighted by Crippen LogP contribution is -1.96. The number of halogens is 1. The summed E-state index contributed by atoms with van der Waals surface area (Å²) in [6.07, 6.45) is 2.89. The Morgan fingerprint density at radius 3 is 2.37 bits per heavy atom. The van der Waals surface area contributed by atoms with Gasteiger partial charge in [0.05, 0.1) is 16.3 Å². The van der Waals surface area contributed by atoms with Crippen LogP contribution in [0.4, 0.5) is 4.39 Å². The van der Waals surface area contributed by atoms with Crippen molar-refractivity contribution in [3.8, 4) is 22.6 Å². The first-order valence-corrected chi connectivity index (χ1v) is 12.0. The minimum Gasteiger partial charge on any atom is -0.332 e. The van der Waals surface area contributed by atoms with Gasteiger partial charge in [0, 0.05) is 23.8 Å². The van der Waals surface area contributed by atoms with Gasteiger partial charge in [0.1, 0.15) is 11.5 Å². The van der Waals surface area contributed by atoms with Crippen molar-refractivity contribution in [1.82, 2.24) is 15.0 Å². The lowest BCUT2D eigenvalue weighted by Gasteiger charge is -2.02. The molecule has 0 aliphatic heterocycles. The third kappa shape index (κ3) is 4.60. The molecule has 1 N–H and O–H groups in total. The van der Waals surface area contributed by atoms with E-state index < -0.39 is 9.84 Å². The predicted molar refractivity (Wildman–Crippen MR) is 116 cm³/mol. The van der Waals surface area contributed by atoms with Crippen LogP contribution in [0.2, 0.25) is 0 Å². The Morgan fingerprint density at radius 1 is 1.00 bits per heavy atom. The fraction of sp³-hybridized carbons (Fsp3) is 0.0909. The van der Waals surface area contributed by atoms with E-state index in [1.165, 1.54) is 30.2 Å². The quantitative estimate of drug-likeness (QED) is 0.429. The molecule has 0 amide bonds. The number of hydrogen-bond acceptors (Lipinski definition) is 5. The third-order valence-electron chi connectivity index (χ3n) is 4.45. The van der Waals surface area contributed by atoms with Crippen LogP contribution < -0.4 is 0 Å². The second-order valence-corrected chi connectivity index (χ2v) is 9.67. The van der Waals surface area contributed by atoms with Crippen LogP contribution in [0.25, 0.3) is 22.6 Å².